The number of hydrogen-bond donors (Lipinski definition) is 2. The third-order valence-corrected chi connectivity index (χ3v) is 4.68. The van der Waals surface area contributed by atoms with Crippen LogP contribution in [0.1, 0.15) is 23.6 Å². The number of H-pyrrole nitrogens is 1. The summed E-state index contributed by atoms with van der Waals surface area (Å²) in [7, 11) is 0. The van der Waals surface area contributed by atoms with Crippen LogP contribution in [-0.4, -0.2) is 28.2 Å². The lowest BCUT2D eigenvalue weighted by Gasteiger charge is -2.37. The first-order valence-electron chi connectivity index (χ1n) is 8.36. The monoisotopic (exact) mass is 333 g/mol. The summed E-state index contributed by atoms with van der Waals surface area (Å²) in [6.07, 6.45) is 2.33. The lowest BCUT2D eigenvalue weighted by molar-refractivity contribution is -0.147. The fraction of sp³-hybridized carbons (Fsp3) is 0.200. The molecule has 1 aliphatic rings. The molecule has 0 spiro atoms. The highest BCUT2D eigenvalue weighted by molar-refractivity contribution is 6.01. The summed E-state index contributed by atoms with van der Waals surface area (Å²) in [6, 6.07) is 14.8. The number of carbonyl (C=O) groups is 2. The van der Waals surface area contributed by atoms with E-state index in [4.69, 9.17) is 0 Å². The molecule has 25 heavy (non-hydrogen) atoms. The number of nitrogens with zero attached hydrogens (tertiary/aromatic N) is 1. The number of para-hydroxylation sites is 1. The van der Waals surface area contributed by atoms with Crippen LogP contribution >= 0.6 is 0 Å². The van der Waals surface area contributed by atoms with Gasteiger partial charge in [-0.05, 0) is 25.1 Å². The first-order chi connectivity index (χ1) is 12.1. The molecule has 0 aliphatic carbocycles. The van der Waals surface area contributed by atoms with E-state index in [0.717, 1.165) is 27.7 Å². The molecule has 126 valence electrons. The maximum atomic E-state index is 13.0. The largest absolute Gasteiger partial charge is 0.361 e. The zero-order valence-corrected chi connectivity index (χ0v) is 14.0. The number of rotatable bonds is 4. The van der Waals surface area contributed by atoms with Gasteiger partial charge in [-0.1, -0.05) is 35.9 Å². The molecule has 1 saturated heterocycles. The van der Waals surface area contributed by atoms with Crippen LogP contribution in [0.5, 0.6) is 0 Å². The number of aromatic amines is 1. The maximum Gasteiger partial charge on any atom is 0.251 e. The van der Waals surface area contributed by atoms with Crippen molar-refractivity contribution in [3.8, 4) is 0 Å². The minimum atomic E-state index is -0.626. The molecule has 0 bridgehead atoms. The summed E-state index contributed by atoms with van der Waals surface area (Å²) in [6.45, 7) is 2.60. The number of β-lactam (4-membered cyclic amide) rings is 1. The summed E-state index contributed by atoms with van der Waals surface area (Å²) in [5.74, 6) is -0.184. The van der Waals surface area contributed by atoms with Gasteiger partial charge in [0.15, 0.2) is 0 Å². The molecule has 5 nitrogen and oxygen atoms in total. The fourth-order valence-corrected chi connectivity index (χ4v) is 3.22. The van der Waals surface area contributed by atoms with Crippen molar-refractivity contribution >= 4 is 28.4 Å². The highest BCUT2D eigenvalue weighted by Gasteiger charge is 2.37. The normalized spacial score (nSPS) is 15.1. The standard InChI is InChI=1S/C20H19N3O2/c1-13-6-8-14(9-7-13)22-20(25)19(23-11-10-18(23)24)16-12-21-17-5-3-2-4-15(16)17/h2-9,12,19,21H,10-11H2,1H3,(H,22,25)/t19-/m1/s1. The summed E-state index contributed by atoms with van der Waals surface area (Å²) >= 11 is 0. The van der Waals surface area contributed by atoms with Gasteiger partial charge in [-0.3, -0.25) is 9.59 Å². The molecule has 5 heteroatoms. The number of aromatic nitrogens is 1. The molecular formula is C20H19N3O2. The number of anilines is 1. The van der Waals surface area contributed by atoms with Gasteiger partial charge in [0, 0.05) is 41.3 Å². The topological polar surface area (TPSA) is 65.2 Å². The number of nitrogens with one attached hydrogen (secondary N) is 2. The number of benzene rings is 2. The van der Waals surface area contributed by atoms with Gasteiger partial charge < -0.3 is 15.2 Å². The van der Waals surface area contributed by atoms with Gasteiger partial charge in [0.2, 0.25) is 5.91 Å². The van der Waals surface area contributed by atoms with Crippen LogP contribution in [0, 0.1) is 6.92 Å². The molecule has 3 aromatic rings. The van der Waals surface area contributed by atoms with Gasteiger partial charge in [-0.25, -0.2) is 0 Å². The molecule has 2 amide bonds. The second-order valence-corrected chi connectivity index (χ2v) is 6.38. The number of amides is 2. The van der Waals surface area contributed by atoms with E-state index in [0.29, 0.717) is 13.0 Å². The minimum Gasteiger partial charge on any atom is -0.361 e. The zero-order valence-electron chi connectivity index (χ0n) is 14.0. The minimum absolute atomic E-state index is 0.00865. The van der Waals surface area contributed by atoms with E-state index in [2.05, 4.69) is 10.3 Å². The Morgan fingerprint density at radius 2 is 1.92 bits per heavy atom. The molecule has 0 radical (unpaired) electrons. The van der Waals surface area contributed by atoms with Crippen molar-refractivity contribution in [2.45, 2.75) is 19.4 Å². The lowest BCUT2D eigenvalue weighted by Crippen LogP contribution is -2.49. The van der Waals surface area contributed by atoms with Gasteiger partial charge in [0.1, 0.15) is 6.04 Å². The number of aryl methyl sites for hydroxylation is 1. The van der Waals surface area contributed by atoms with Gasteiger partial charge in [0.25, 0.3) is 5.91 Å². The van der Waals surface area contributed by atoms with E-state index in [1.54, 1.807) is 4.90 Å². The molecule has 4 rings (SSSR count). The summed E-state index contributed by atoms with van der Waals surface area (Å²) in [4.78, 5) is 29.9. The molecule has 1 aromatic heterocycles. The van der Waals surface area contributed by atoms with Crippen molar-refractivity contribution in [1.82, 2.24) is 9.88 Å². The van der Waals surface area contributed by atoms with Crippen LogP contribution in [-0.2, 0) is 9.59 Å². The molecule has 0 unspecified atom stereocenters. The van der Waals surface area contributed by atoms with Crippen molar-refractivity contribution in [3.63, 3.8) is 0 Å². The first-order valence-corrected chi connectivity index (χ1v) is 8.36. The predicted octanol–water partition coefficient (Wildman–Crippen LogP) is 3.39. The van der Waals surface area contributed by atoms with E-state index in [1.807, 2.05) is 61.7 Å². The molecule has 2 aromatic carbocycles. The number of likely N-dealkylation sites (tertiary alicyclic amines) is 1. The summed E-state index contributed by atoms with van der Waals surface area (Å²) < 4.78 is 0. The highest BCUT2D eigenvalue weighted by Crippen LogP contribution is 2.33. The van der Waals surface area contributed by atoms with Crippen LogP contribution < -0.4 is 5.32 Å². The van der Waals surface area contributed by atoms with Gasteiger partial charge in [0.05, 0.1) is 0 Å². The SMILES string of the molecule is Cc1ccc(NC(=O)[C@@H](c2c[nH]c3ccccc23)N2CCC2=O)cc1. The maximum absolute atomic E-state index is 13.0. The summed E-state index contributed by atoms with van der Waals surface area (Å²) in [5.41, 5.74) is 3.64. The Labute approximate surface area is 145 Å². The Morgan fingerprint density at radius 3 is 2.60 bits per heavy atom. The second kappa shape index (κ2) is 6.09. The number of hydrogen-bond acceptors (Lipinski definition) is 2. The Bertz CT molecular complexity index is 943. The van der Waals surface area contributed by atoms with Crippen LogP contribution in [0.4, 0.5) is 5.69 Å². The van der Waals surface area contributed by atoms with E-state index in [1.165, 1.54) is 0 Å². The Hall–Kier alpha value is -3.08. The Morgan fingerprint density at radius 1 is 1.16 bits per heavy atom. The van der Waals surface area contributed by atoms with Crippen LogP contribution in [0.2, 0.25) is 0 Å². The van der Waals surface area contributed by atoms with E-state index < -0.39 is 6.04 Å². The number of carbonyl (C=O) groups excluding carboxylic acids is 2. The predicted molar refractivity (Wildman–Crippen MR) is 97.2 cm³/mol. The quantitative estimate of drug-likeness (QED) is 0.719. The van der Waals surface area contributed by atoms with E-state index in [-0.39, 0.29) is 11.8 Å². The molecule has 1 aliphatic heterocycles. The lowest BCUT2D eigenvalue weighted by atomic mass is 9.99. The number of fused-ring (bicyclic) bond motifs is 1. The zero-order chi connectivity index (χ0) is 17.4. The smallest absolute Gasteiger partial charge is 0.251 e. The highest BCUT2D eigenvalue weighted by atomic mass is 16.2. The van der Waals surface area contributed by atoms with Crippen molar-refractivity contribution < 1.29 is 9.59 Å². The fourth-order valence-electron chi connectivity index (χ4n) is 3.22. The average Bonchev–Trinajstić information content (AvgIpc) is 3.03. The van der Waals surface area contributed by atoms with Crippen LogP contribution in [0.15, 0.2) is 54.7 Å². The Kier molecular flexibility index (Phi) is 3.76. The third-order valence-electron chi connectivity index (χ3n) is 4.68. The van der Waals surface area contributed by atoms with Crippen molar-refractivity contribution in [2.24, 2.45) is 0 Å². The second-order valence-electron chi connectivity index (χ2n) is 6.38. The summed E-state index contributed by atoms with van der Waals surface area (Å²) in [5, 5.41) is 3.91. The van der Waals surface area contributed by atoms with Crippen molar-refractivity contribution in [3.05, 3.63) is 65.9 Å². The average molecular weight is 333 g/mol. The third kappa shape index (κ3) is 2.78. The van der Waals surface area contributed by atoms with Crippen molar-refractivity contribution in [1.29, 1.82) is 0 Å². The molecule has 0 saturated carbocycles. The van der Waals surface area contributed by atoms with E-state index >= 15 is 0 Å². The molecule has 1 atom stereocenters. The van der Waals surface area contributed by atoms with Gasteiger partial charge in [-0.2, -0.15) is 0 Å². The molecule has 2 heterocycles. The first kappa shape index (κ1) is 15.4. The van der Waals surface area contributed by atoms with Crippen LogP contribution in [0.3, 0.4) is 0 Å². The molecular weight excluding hydrogens is 314 g/mol. The van der Waals surface area contributed by atoms with Crippen molar-refractivity contribution in [2.75, 3.05) is 11.9 Å². The molecule has 1 fully saturated rings. The Balaban J connectivity index is 1.70. The van der Waals surface area contributed by atoms with Gasteiger partial charge in [-0.15, -0.1) is 0 Å². The molecule has 2 N–H and O–H groups in total. The van der Waals surface area contributed by atoms with E-state index in [9.17, 15) is 9.59 Å². The van der Waals surface area contributed by atoms with Gasteiger partial charge >= 0.3 is 0 Å². The van der Waals surface area contributed by atoms with Crippen LogP contribution in [0.25, 0.3) is 10.9 Å².